The van der Waals surface area contributed by atoms with Crippen LogP contribution in [-0.4, -0.2) is 18.3 Å². The summed E-state index contributed by atoms with van der Waals surface area (Å²) in [7, 11) is -0.367. The average Bonchev–Trinajstić information content (AvgIpc) is 3.56. The van der Waals surface area contributed by atoms with E-state index in [0.29, 0.717) is 0 Å². The van der Waals surface area contributed by atoms with Crippen molar-refractivity contribution >= 4 is 73.4 Å². The molecule has 0 aliphatic carbocycles. The second-order valence-corrected chi connectivity index (χ2v) is 20.3. The zero-order chi connectivity index (χ0) is 46.6. The molecule has 8 aromatic carbocycles. The Balaban J connectivity index is 0.000000160. The van der Waals surface area contributed by atoms with Crippen molar-refractivity contribution in [1.82, 2.24) is 0 Å². The Morgan fingerprint density at radius 2 is 0.848 bits per heavy atom. The maximum absolute atomic E-state index is 6.35. The second kappa shape index (κ2) is 17.4. The molecule has 0 spiro atoms. The number of nitrogens with zero attached hydrogens (tertiary/aromatic N) is 2. The molecule has 11 rings (SSSR count). The Bertz CT molecular complexity index is 3030. The van der Waals surface area contributed by atoms with Gasteiger partial charge in [0, 0.05) is 26.7 Å². The molecule has 6 heteroatoms. The summed E-state index contributed by atoms with van der Waals surface area (Å²) in [6.45, 7) is 21.6. The first-order valence-electron chi connectivity index (χ1n) is 23.4. The van der Waals surface area contributed by atoms with Gasteiger partial charge in [0.25, 0.3) is 0 Å². The van der Waals surface area contributed by atoms with E-state index in [1.54, 1.807) is 0 Å². The molecule has 66 heavy (non-hydrogen) atoms. The number of para-hydroxylation sites is 3. The van der Waals surface area contributed by atoms with E-state index >= 15 is 0 Å². The fourth-order valence-electron chi connectivity index (χ4n) is 9.83. The Kier molecular flexibility index (Phi) is 11.9. The van der Waals surface area contributed by atoms with Crippen LogP contribution in [0.2, 0.25) is 0 Å². The van der Waals surface area contributed by atoms with E-state index in [9.17, 15) is 0 Å². The SMILES string of the molecule is CC.CC1(C)c2ccccc2N(c2ccc(-c3ccc4ccccc4c3)cc2)c2ccc(Br)cc21.CC1(C)c2ccccc2N(c2ccccc2)c2ccc(B3OC(C)(C)C(C)(C)O3)cc21. The molecular formula is C60H60BBrN2O2. The summed E-state index contributed by atoms with van der Waals surface area (Å²) >= 11 is 3.69. The molecule has 0 N–H and O–H groups in total. The van der Waals surface area contributed by atoms with Crippen LogP contribution >= 0.6 is 15.9 Å². The first kappa shape index (κ1) is 45.2. The molecule has 0 unspecified atom stereocenters. The molecule has 1 saturated heterocycles. The van der Waals surface area contributed by atoms with Gasteiger partial charge in [-0.15, -0.1) is 0 Å². The minimum atomic E-state index is -0.367. The first-order chi connectivity index (χ1) is 31.6. The predicted octanol–water partition coefficient (Wildman–Crippen LogP) is 16.5. The highest BCUT2D eigenvalue weighted by atomic mass is 79.9. The number of hydrogen-bond acceptors (Lipinski definition) is 4. The zero-order valence-corrected chi connectivity index (χ0v) is 41.6. The maximum atomic E-state index is 6.35. The van der Waals surface area contributed by atoms with E-state index in [4.69, 9.17) is 9.31 Å². The molecule has 332 valence electrons. The van der Waals surface area contributed by atoms with E-state index in [1.165, 1.54) is 72.6 Å². The Hall–Kier alpha value is -5.92. The summed E-state index contributed by atoms with van der Waals surface area (Å²) in [5, 5.41) is 2.54. The molecule has 0 aromatic heterocycles. The van der Waals surface area contributed by atoms with Crippen molar-refractivity contribution in [1.29, 1.82) is 0 Å². The fraction of sp³-hybridized carbons (Fsp3) is 0.233. The van der Waals surface area contributed by atoms with Crippen molar-refractivity contribution in [2.45, 2.75) is 91.3 Å². The van der Waals surface area contributed by atoms with Crippen LogP contribution in [0, 0.1) is 0 Å². The van der Waals surface area contributed by atoms with Gasteiger partial charge in [0.1, 0.15) is 0 Å². The van der Waals surface area contributed by atoms with E-state index in [1.807, 2.05) is 13.8 Å². The number of benzene rings is 8. The minimum Gasteiger partial charge on any atom is -0.399 e. The lowest BCUT2D eigenvalue weighted by atomic mass is 9.69. The van der Waals surface area contributed by atoms with Crippen molar-refractivity contribution in [3.8, 4) is 11.1 Å². The van der Waals surface area contributed by atoms with Crippen molar-refractivity contribution in [2.24, 2.45) is 0 Å². The largest absolute Gasteiger partial charge is 0.494 e. The molecule has 0 bridgehead atoms. The lowest BCUT2D eigenvalue weighted by Gasteiger charge is -2.42. The fourth-order valence-corrected chi connectivity index (χ4v) is 10.2. The molecule has 8 aromatic rings. The summed E-state index contributed by atoms with van der Waals surface area (Å²) in [6, 6.07) is 65.5. The molecule has 0 atom stereocenters. The number of fused-ring (bicyclic) bond motifs is 5. The van der Waals surface area contributed by atoms with Crippen LogP contribution in [0.5, 0.6) is 0 Å². The molecule has 3 aliphatic rings. The molecule has 3 aliphatic heterocycles. The van der Waals surface area contributed by atoms with Gasteiger partial charge in [0.2, 0.25) is 0 Å². The van der Waals surface area contributed by atoms with Crippen LogP contribution < -0.4 is 15.3 Å². The van der Waals surface area contributed by atoms with Crippen molar-refractivity contribution in [3.05, 3.63) is 209 Å². The lowest BCUT2D eigenvalue weighted by molar-refractivity contribution is 0.00578. The number of rotatable bonds is 4. The van der Waals surface area contributed by atoms with Gasteiger partial charge in [-0.1, -0.05) is 173 Å². The molecule has 1 fully saturated rings. The van der Waals surface area contributed by atoms with Gasteiger partial charge in [-0.05, 0) is 144 Å². The van der Waals surface area contributed by atoms with Crippen LogP contribution in [0.3, 0.4) is 0 Å². The Morgan fingerprint density at radius 1 is 0.394 bits per heavy atom. The van der Waals surface area contributed by atoms with Crippen LogP contribution in [-0.2, 0) is 20.1 Å². The van der Waals surface area contributed by atoms with Crippen LogP contribution in [0.25, 0.3) is 21.9 Å². The molecule has 0 saturated carbocycles. The molecule has 4 nitrogen and oxygen atoms in total. The summed E-state index contributed by atoms with van der Waals surface area (Å²) in [5.41, 5.74) is 15.1. The standard InChI is InChI=1S/C31H24BrN.C27H30BNO2.C2H6/c1-31(2)27-9-5-6-10-29(27)33(30-18-15-25(32)20-28(30)31)26-16-13-22(14-17-26)24-12-11-21-7-3-4-8-23(21)19-24;1-25(2)21-14-10-11-15-23(21)29(20-12-8-7-9-13-20)24-17-16-19(18-22(24)25)28-30-26(3,4)27(5,6)31-28;1-2/h3-20H,1-2H3;7-18H,1-6H3;1-2H3. The van der Waals surface area contributed by atoms with E-state index < -0.39 is 0 Å². The van der Waals surface area contributed by atoms with E-state index in [2.05, 4.69) is 263 Å². The predicted molar refractivity (Wildman–Crippen MR) is 284 cm³/mol. The van der Waals surface area contributed by atoms with Crippen LogP contribution in [0.1, 0.15) is 91.5 Å². The normalized spacial score (nSPS) is 16.7. The van der Waals surface area contributed by atoms with Crippen molar-refractivity contribution in [3.63, 3.8) is 0 Å². The smallest absolute Gasteiger partial charge is 0.399 e. The van der Waals surface area contributed by atoms with Gasteiger partial charge in [-0.25, -0.2) is 0 Å². The molecule has 0 radical (unpaired) electrons. The molecule has 0 amide bonds. The number of anilines is 6. The Morgan fingerprint density at radius 3 is 1.44 bits per heavy atom. The lowest BCUT2D eigenvalue weighted by Crippen LogP contribution is -2.41. The van der Waals surface area contributed by atoms with Gasteiger partial charge < -0.3 is 19.1 Å². The van der Waals surface area contributed by atoms with Crippen molar-refractivity contribution in [2.75, 3.05) is 9.80 Å². The summed E-state index contributed by atoms with van der Waals surface area (Å²) < 4.78 is 13.8. The van der Waals surface area contributed by atoms with Gasteiger partial charge in [-0.2, -0.15) is 0 Å². The van der Waals surface area contributed by atoms with E-state index in [-0.39, 0.29) is 29.2 Å². The molecular weight excluding hydrogens is 871 g/mol. The topological polar surface area (TPSA) is 24.9 Å². The third kappa shape index (κ3) is 7.87. The average molecular weight is 932 g/mol. The second-order valence-electron chi connectivity index (χ2n) is 19.4. The highest BCUT2D eigenvalue weighted by Crippen LogP contribution is 2.53. The van der Waals surface area contributed by atoms with Gasteiger partial charge in [0.05, 0.1) is 34.0 Å². The summed E-state index contributed by atoms with van der Waals surface area (Å²) in [6.07, 6.45) is 0. The van der Waals surface area contributed by atoms with Gasteiger partial charge >= 0.3 is 7.12 Å². The quantitative estimate of drug-likeness (QED) is 0.164. The number of halogens is 1. The van der Waals surface area contributed by atoms with E-state index in [0.717, 1.165) is 15.6 Å². The maximum Gasteiger partial charge on any atom is 0.494 e. The van der Waals surface area contributed by atoms with Crippen LogP contribution in [0.15, 0.2) is 186 Å². The van der Waals surface area contributed by atoms with Crippen LogP contribution in [0.4, 0.5) is 34.1 Å². The van der Waals surface area contributed by atoms with Crippen molar-refractivity contribution < 1.29 is 9.31 Å². The first-order valence-corrected chi connectivity index (χ1v) is 24.2. The highest BCUT2D eigenvalue weighted by Gasteiger charge is 2.52. The third-order valence-electron chi connectivity index (χ3n) is 14.2. The van der Waals surface area contributed by atoms with Gasteiger partial charge in [-0.3, -0.25) is 0 Å². The van der Waals surface area contributed by atoms with Gasteiger partial charge in [0.15, 0.2) is 0 Å². The monoisotopic (exact) mass is 930 g/mol. The summed E-state index contributed by atoms with van der Waals surface area (Å²) in [4.78, 5) is 4.76. The molecule has 3 heterocycles. The highest BCUT2D eigenvalue weighted by molar-refractivity contribution is 9.10. The third-order valence-corrected chi connectivity index (χ3v) is 14.7. The summed E-state index contributed by atoms with van der Waals surface area (Å²) in [5.74, 6) is 0. The minimum absolute atomic E-state index is 0.0722. The zero-order valence-electron chi connectivity index (χ0n) is 40.0. The Labute approximate surface area is 401 Å². The number of hydrogen-bond donors (Lipinski definition) is 0.